The summed E-state index contributed by atoms with van der Waals surface area (Å²) in [5.74, 6) is 0.912. The Balaban J connectivity index is 1.54. The first-order valence-electron chi connectivity index (χ1n) is 9.49. The smallest absolute Gasteiger partial charge is 0.241 e. The normalized spacial score (nSPS) is 16.9. The van der Waals surface area contributed by atoms with Gasteiger partial charge < -0.3 is 10.1 Å². The van der Waals surface area contributed by atoms with E-state index in [-0.39, 0.29) is 18.1 Å². The molecule has 7 nitrogen and oxygen atoms in total. The van der Waals surface area contributed by atoms with E-state index in [9.17, 15) is 4.79 Å². The molecule has 0 radical (unpaired) electrons. The molecule has 1 amide bonds. The van der Waals surface area contributed by atoms with Gasteiger partial charge in [-0.15, -0.1) is 0 Å². The average Bonchev–Trinajstić information content (AvgIpc) is 2.89. The SMILES string of the molecule is Cc1cnccc1OC1CCN([C@@H](C)C(=O)Nc2c(C)nn(C)c2C)CC1. The summed E-state index contributed by atoms with van der Waals surface area (Å²) in [4.78, 5) is 19.0. The van der Waals surface area contributed by atoms with E-state index in [0.29, 0.717) is 0 Å². The number of hydrogen-bond donors (Lipinski definition) is 1. The lowest BCUT2D eigenvalue weighted by atomic mass is 10.1. The largest absolute Gasteiger partial charge is 0.490 e. The molecule has 0 bridgehead atoms. The van der Waals surface area contributed by atoms with E-state index in [1.54, 1.807) is 10.9 Å². The zero-order chi connectivity index (χ0) is 19.6. The van der Waals surface area contributed by atoms with Crippen LogP contribution in [0.2, 0.25) is 0 Å². The molecule has 3 rings (SSSR count). The Morgan fingerprint density at radius 2 is 2.00 bits per heavy atom. The molecule has 1 aliphatic rings. The van der Waals surface area contributed by atoms with Gasteiger partial charge in [0.2, 0.25) is 5.91 Å². The first-order chi connectivity index (χ1) is 12.9. The fraction of sp³-hybridized carbons (Fsp3) is 0.550. The van der Waals surface area contributed by atoms with Crippen molar-refractivity contribution < 1.29 is 9.53 Å². The number of anilines is 1. The fourth-order valence-electron chi connectivity index (χ4n) is 3.50. The summed E-state index contributed by atoms with van der Waals surface area (Å²) in [5, 5.41) is 7.41. The Hall–Kier alpha value is -2.41. The molecule has 7 heteroatoms. The highest BCUT2D eigenvalue weighted by Crippen LogP contribution is 2.23. The van der Waals surface area contributed by atoms with Crippen LogP contribution in [0.5, 0.6) is 5.75 Å². The minimum atomic E-state index is -0.187. The topological polar surface area (TPSA) is 72.3 Å². The molecule has 3 heterocycles. The van der Waals surface area contributed by atoms with Crippen LogP contribution in [0, 0.1) is 20.8 Å². The molecule has 2 aromatic heterocycles. The van der Waals surface area contributed by atoms with Crippen LogP contribution in [0.4, 0.5) is 5.69 Å². The number of carbonyl (C=O) groups is 1. The first-order valence-corrected chi connectivity index (χ1v) is 9.49. The van der Waals surface area contributed by atoms with Crippen LogP contribution in [0.1, 0.15) is 36.7 Å². The van der Waals surface area contributed by atoms with Crippen LogP contribution in [0.25, 0.3) is 0 Å². The van der Waals surface area contributed by atoms with E-state index >= 15 is 0 Å². The summed E-state index contributed by atoms with van der Waals surface area (Å²) in [7, 11) is 1.89. The summed E-state index contributed by atoms with van der Waals surface area (Å²) in [5.41, 5.74) is 3.68. The standard InChI is InChI=1S/C20H29N5O2/c1-13-12-21-9-6-18(13)27-17-7-10-25(11-8-17)16(4)20(26)22-19-14(2)23-24(5)15(19)3/h6,9,12,16-17H,7-8,10-11H2,1-5H3,(H,22,26)/t16-/m0/s1. The number of hydrogen-bond acceptors (Lipinski definition) is 5. The zero-order valence-electron chi connectivity index (χ0n) is 16.8. The number of nitrogens with one attached hydrogen (secondary N) is 1. The third-order valence-corrected chi connectivity index (χ3v) is 5.42. The summed E-state index contributed by atoms with van der Waals surface area (Å²) in [6.07, 6.45) is 5.57. The van der Waals surface area contributed by atoms with Crippen molar-refractivity contribution in [3.63, 3.8) is 0 Å². The molecular weight excluding hydrogens is 342 g/mol. The van der Waals surface area contributed by atoms with Crippen molar-refractivity contribution in [3.05, 3.63) is 35.4 Å². The van der Waals surface area contributed by atoms with E-state index in [1.807, 2.05) is 47.0 Å². The number of pyridine rings is 1. The molecule has 146 valence electrons. The van der Waals surface area contributed by atoms with Crippen molar-refractivity contribution in [3.8, 4) is 5.75 Å². The van der Waals surface area contributed by atoms with E-state index in [0.717, 1.165) is 54.3 Å². The van der Waals surface area contributed by atoms with E-state index in [4.69, 9.17) is 4.74 Å². The van der Waals surface area contributed by atoms with E-state index in [2.05, 4.69) is 20.3 Å². The Labute approximate surface area is 160 Å². The Morgan fingerprint density at radius 3 is 2.59 bits per heavy atom. The number of rotatable bonds is 5. The Bertz CT molecular complexity index is 809. The number of nitrogens with zero attached hydrogens (tertiary/aromatic N) is 4. The molecule has 0 aliphatic carbocycles. The molecule has 1 atom stereocenters. The fourth-order valence-corrected chi connectivity index (χ4v) is 3.50. The van der Waals surface area contributed by atoms with Gasteiger partial charge in [0.15, 0.2) is 0 Å². The van der Waals surface area contributed by atoms with Crippen molar-refractivity contribution in [1.29, 1.82) is 0 Å². The maximum atomic E-state index is 12.7. The van der Waals surface area contributed by atoms with Crippen molar-refractivity contribution in [2.24, 2.45) is 7.05 Å². The molecule has 27 heavy (non-hydrogen) atoms. The summed E-state index contributed by atoms with van der Waals surface area (Å²) < 4.78 is 7.92. The molecule has 0 spiro atoms. The first kappa shape index (κ1) is 19.4. The molecular formula is C20H29N5O2. The van der Waals surface area contributed by atoms with Crippen LogP contribution >= 0.6 is 0 Å². The molecule has 1 N–H and O–H groups in total. The minimum Gasteiger partial charge on any atom is -0.490 e. The predicted octanol–water partition coefficient (Wildman–Crippen LogP) is 2.61. The van der Waals surface area contributed by atoms with Crippen LogP contribution in [0.3, 0.4) is 0 Å². The number of piperidine rings is 1. The number of aryl methyl sites for hydroxylation is 3. The van der Waals surface area contributed by atoms with Gasteiger partial charge in [0.05, 0.1) is 23.1 Å². The monoisotopic (exact) mass is 371 g/mol. The number of aromatic nitrogens is 3. The molecule has 0 aromatic carbocycles. The molecule has 1 fully saturated rings. The second-order valence-corrected chi connectivity index (χ2v) is 7.33. The molecule has 1 aliphatic heterocycles. The lowest BCUT2D eigenvalue weighted by molar-refractivity contribution is -0.121. The van der Waals surface area contributed by atoms with Crippen molar-refractivity contribution in [1.82, 2.24) is 19.7 Å². The maximum absolute atomic E-state index is 12.7. The summed E-state index contributed by atoms with van der Waals surface area (Å²) >= 11 is 0. The van der Waals surface area contributed by atoms with Gasteiger partial charge in [0.25, 0.3) is 0 Å². The summed E-state index contributed by atoms with van der Waals surface area (Å²) in [6, 6.07) is 1.73. The number of likely N-dealkylation sites (tertiary alicyclic amines) is 1. The highest BCUT2D eigenvalue weighted by atomic mass is 16.5. The predicted molar refractivity (Wildman–Crippen MR) is 105 cm³/mol. The molecule has 0 unspecified atom stereocenters. The number of carbonyl (C=O) groups excluding carboxylic acids is 1. The van der Waals surface area contributed by atoms with Crippen molar-refractivity contribution in [2.45, 2.75) is 52.7 Å². The Kier molecular flexibility index (Phi) is 5.79. The van der Waals surface area contributed by atoms with Crippen LogP contribution in [0.15, 0.2) is 18.5 Å². The van der Waals surface area contributed by atoms with Gasteiger partial charge in [-0.3, -0.25) is 19.4 Å². The lowest BCUT2D eigenvalue weighted by Crippen LogP contribution is -2.48. The average molecular weight is 371 g/mol. The van der Waals surface area contributed by atoms with Crippen molar-refractivity contribution >= 4 is 11.6 Å². The van der Waals surface area contributed by atoms with Crippen LogP contribution < -0.4 is 10.1 Å². The van der Waals surface area contributed by atoms with Crippen molar-refractivity contribution in [2.75, 3.05) is 18.4 Å². The van der Waals surface area contributed by atoms with Crippen LogP contribution in [-0.4, -0.2) is 50.8 Å². The number of amides is 1. The third kappa shape index (κ3) is 4.30. The maximum Gasteiger partial charge on any atom is 0.241 e. The quantitative estimate of drug-likeness (QED) is 0.875. The van der Waals surface area contributed by atoms with Gasteiger partial charge >= 0.3 is 0 Å². The molecule has 1 saturated heterocycles. The van der Waals surface area contributed by atoms with Gasteiger partial charge in [-0.2, -0.15) is 5.10 Å². The second kappa shape index (κ2) is 8.08. The minimum absolute atomic E-state index is 0.0125. The van der Waals surface area contributed by atoms with E-state index < -0.39 is 0 Å². The molecule has 2 aromatic rings. The zero-order valence-corrected chi connectivity index (χ0v) is 16.8. The highest BCUT2D eigenvalue weighted by Gasteiger charge is 2.28. The molecule has 0 saturated carbocycles. The van der Waals surface area contributed by atoms with Gasteiger partial charge in [0.1, 0.15) is 11.9 Å². The summed E-state index contributed by atoms with van der Waals surface area (Å²) in [6.45, 7) is 9.53. The second-order valence-electron chi connectivity index (χ2n) is 7.33. The number of ether oxygens (including phenoxy) is 1. The van der Waals surface area contributed by atoms with Gasteiger partial charge in [-0.1, -0.05) is 0 Å². The third-order valence-electron chi connectivity index (χ3n) is 5.42. The van der Waals surface area contributed by atoms with Gasteiger partial charge in [-0.25, -0.2) is 0 Å². The van der Waals surface area contributed by atoms with Gasteiger partial charge in [-0.05, 0) is 46.6 Å². The highest BCUT2D eigenvalue weighted by molar-refractivity contribution is 5.95. The van der Waals surface area contributed by atoms with Crippen LogP contribution in [-0.2, 0) is 11.8 Å². The van der Waals surface area contributed by atoms with Gasteiger partial charge in [0, 0.05) is 38.1 Å². The van der Waals surface area contributed by atoms with E-state index in [1.165, 1.54) is 0 Å². The Morgan fingerprint density at radius 1 is 1.30 bits per heavy atom. The lowest BCUT2D eigenvalue weighted by Gasteiger charge is -2.35.